The molecule has 114 valence electrons. The van der Waals surface area contributed by atoms with Crippen LogP contribution in [0.3, 0.4) is 0 Å². The zero-order valence-electron chi connectivity index (χ0n) is 11.9. The summed E-state index contributed by atoms with van der Waals surface area (Å²) in [5.41, 5.74) is 0.847. The van der Waals surface area contributed by atoms with E-state index in [-0.39, 0.29) is 12.3 Å². The van der Waals surface area contributed by atoms with E-state index in [0.717, 1.165) is 12.0 Å². The molecule has 0 spiro atoms. The van der Waals surface area contributed by atoms with E-state index in [4.69, 9.17) is 4.42 Å². The number of unbranched alkanes of at least 4 members (excludes halogenated alkanes) is 1. The number of nitrogens with zero attached hydrogens (tertiary/aromatic N) is 2. The van der Waals surface area contributed by atoms with E-state index >= 15 is 0 Å². The van der Waals surface area contributed by atoms with Gasteiger partial charge in [0.2, 0.25) is 21.8 Å². The zero-order chi connectivity index (χ0) is 15.1. The van der Waals surface area contributed by atoms with Crippen LogP contribution in [0, 0.1) is 0 Å². The molecule has 2 aromatic rings. The zero-order valence-corrected chi connectivity index (χ0v) is 12.8. The second-order valence-corrected chi connectivity index (χ2v) is 6.61. The van der Waals surface area contributed by atoms with Crippen molar-refractivity contribution in [1.82, 2.24) is 14.9 Å². The molecule has 0 atom stereocenters. The summed E-state index contributed by atoms with van der Waals surface area (Å²) in [7, 11) is -3.20. The van der Waals surface area contributed by atoms with Gasteiger partial charge in [-0.25, -0.2) is 13.1 Å². The smallest absolute Gasteiger partial charge is 0.247 e. The fourth-order valence-corrected chi connectivity index (χ4v) is 3.00. The minimum Gasteiger partial charge on any atom is -0.421 e. The lowest BCUT2D eigenvalue weighted by Gasteiger charge is -2.03. The third-order valence-corrected chi connectivity index (χ3v) is 4.39. The van der Waals surface area contributed by atoms with E-state index in [1.807, 2.05) is 37.3 Å². The van der Waals surface area contributed by atoms with Crippen LogP contribution in [0.2, 0.25) is 0 Å². The van der Waals surface area contributed by atoms with Crippen LogP contribution in [0.25, 0.3) is 11.5 Å². The highest BCUT2D eigenvalue weighted by Gasteiger charge is 2.11. The quantitative estimate of drug-likeness (QED) is 0.806. The fourth-order valence-electron chi connectivity index (χ4n) is 1.77. The first kappa shape index (κ1) is 15.7. The van der Waals surface area contributed by atoms with Crippen molar-refractivity contribution in [1.29, 1.82) is 0 Å². The van der Waals surface area contributed by atoms with Crippen molar-refractivity contribution in [3.05, 3.63) is 36.2 Å². The van der Waals surface area contributed by atoms with Gasteiger partial charge in [-0.3, -0.25) is 0 Å². The van der Waals surface area contributed by atoms with Gasteiger partial charge in [0, 0.05) is 18.5 Å². The molecule has 0 bridgehead atoms. The Labute approximate surface area is 124 Å². The second-order valence-electron chi connectivity index (χ2n) is 4.68. The summed E-state index contributed by atoms with van der Waals surface area (Å²) >= 11 is 0. The molecular formula is C14H19N3O3S. The minimum atomic E-state index is -3.20. The second kappa shape index (κ2) is 7.33. The molecule has 0 unspecified atom stereocenters. The number of benzene rings is 1. The molecule has 1 aromatic carbocycles. The van der Waals surface area contributed by atoms with E-state index in [0.29, 0.717) is 24.6 Å². The molecule has 1 heterocycles. The molecular weight excluding hydrogens is 290 g/mol. The number of rotatable bonds is 8. The van der Waals surface area contributed by atoms with Gasteiger partial charge in [-0.1, -0.05) is 31.5 Å². The summed E-state index contributed by atoms with van der Waals surface area (Å²) < 4.78 is 31.3. The summed E-state index contributed by atoms with van der Waals surface area (Å²) in [6.45, 7) is 2.22. The van der Waals surface area contributed by atoms with Gasteiger partial charge in [0.1, 0.15) is 0 Å². The van der Waals surface area contributed by atoms with Crippen molar-refractivity contribution in [3.63, 3.8) is 0 Å². The standard InChI is InChI=1S/C14H19N3O3S/c1-2-3-11-21(18,19)15-10-9-13-16-17-14(20-13)12-7-5-4-6-8-12/h4-8,15H,2-3,9-11H2,1H3. The first-order valence-corrected chi connectivity index (χ1v) is 8.61. The van der Waals surface area contributed by atoms with Crippen LogP contribution in [0.1, 0.15) is 25.7 Å². The summed E-state index contributed by atoms with van der Waals surface area (Å²) in [5.74, 6) is 1.02. The Morgan fingerprint density at radius 1 is 1.19 bits per heavy atom. The average Bonchev–Trinajstić information content (AvgIpc) is 2.95. The maximum atomic E-state index is 11.6. The van der Waals surface area contributed by atoms with Crippen LogP contribution in [0.5, 0.6) is 0 Å². The SMILES string of the molecule is CCCCS(=O)(=O)NCCc1nnc(-c2ccccc2)o1. The monoisotopic (exact) mass is 309 g/mol. The number of aromatic nitrogens is 2. The predicted molar refractivity (Wildman–Crippen MR) is 80.1 cm³/mol. The Bertz CT molecular complexity index is 653. The highest BCUT2D eigenvalue weighted by Crippen LogP contribution is 2.16. The summed E-state index contributed by atoms with van der Waals surface area (Å²) in [4.78, 5) is 0. The lowest BCUT2D eigenvalue weighted by atomic mass is 10.2. The Morgan fingerprint density at radius 2 is 1.95 bits per heavy atom. The Balaban J connectivity index is 1.86. The van der Waals surface area contributed by atoms with Gasteiger partial charge < -0.3 is 4.42 Å². The Kier molecular flexibility index (Phi) is 5.46. The first-order chi connectivity index (χ1) is 10.1. The minimum absolute atomic E-state index is 0.155. The van der Waals surface area contributed by atoms with Gasteiger partial charge in [-0.15, -0.1) is 10.2 Å². The van der Waals surface area contributed by atoms with Crippen LogP contribution in [0.15, 0.2) is 34.7 Å². The number of hydrogen-bond donors (Lipinski definition) is 1. The molecule has 0 radical (unpaired) electrons. The van der Waals surface area contributed by atoms with E-state index in [9.17, 15) is 8.42 Å². The molecule has 21 heavy (non-hydrogen) atoms. The highest BCUT2D eigenvalue weighted by atomic mass is 32.2. The van der Waals surface area contributed by atoms with Crippen molar-refractivity contribution < 1.29 is 12.8 Å². The Hall–Kier alpha value is -1.73. The summed E-state index contributed by atoms with van der Waals surface area (Å²) in [6.07, 6.45) is 1.89. The Morgan fingerprint density at radius 3 is 2.67 bits per heavy atom. The highest BCUT2D eigenvalue weighted by molar-refractivity contribution is 7.89. The maximum absolute atomic E-state index is 11.6. The molecule has 1 aromatic heterocycles. The van der Waals surface area contributed by atoms with Gasteiger partial charge in [0.05, 0.1) is 5.75 Å². The van der Waals surface area contributed by atoms with Crippen LogP contribution >= 0.6 is 0 Å². The summed E-state index contributed by atoms with van der Waals surface area (Å²) in [6, 6.07) is 9.45. The third-order valence-electron chi connectivity index (χ3n) is 2.92. The van der Waals surface area contributed by atoms with Crippen LogP contribution < -0.4 is 4.72 Å². The van der Waals surface area contributed by atoms with Crippen LogP contribution in [0.4, 0.5) is 0 Å². The molecule has 6 nitrogen and oxygen atoms in total. The molecule has 1 N–H and O–H groups in total. The molecule has 0 saturated heterocycles. The van der Waals surface area contributed by atoms with E-state index in [2.05, 4.69) is 14.9 Å². The van der Waals surface area contributed by atoms with Gasteiger partial charge in [-0.05, 0) is 18.6 Å². The van der Waals surface area contributed by atoms with Gasteiger partial charge in [0.15, 0.2) is 0 Å². The van der Waals surface area contributed by atoms with E-state index < -0.39 is 10.0 Å². The molecule has 7 heteroatoms. The molecule has 2 rings (SSSR count). The topological polar surface area (TPSA) is 85.1 Å². The largest absolute Gasteiger partial charge is 0.421 e. The molecule has 0 aliphatic carbocycles. The number of sulfonamides is 1. The first-order valence-electron chi connectivity index (χ1n) is 6.96. The van der Waals surface area contributed by atoms with Crippen molar-refractivity contribution in [3.8, 4) is 11.5 Å². The third kappa shape index (κ3) is 4.95. The van der Waals surface area contributed by atoms with Crippen molar-refractivity contribution in [2.24, 2.45) is 0 Å². The van der Waals surface area contributed by atoms with Gasteiger partial charge >= 0.3 is 0 Å². The average molecular weight is 309 g/mol. The lowest BCUT2D eigenvalue weighted by molar-refractivity contribution is 0.501. The molecule has 0 aliphatic rings. The fraction of sp³-hybridized carbons (Fsp3) is 0.429. The van der Waals surface area contributed by atoms with Crippen molar-refractivity contribution in [2.45, 2.75) is 26.2 Å². The van der Waals surface area contributed by atoms with Crippen molar-refractivity contribution >= 4 is 10.0 Å². The van der Waals surface area contributed by atoms with Crippen LogP contribution in [-0.4, -0.2) is 30.9 Å². The molecule has 0 saturated carbocycles. The number of hydrogen-bond acceptors (Lipinski definition) is 5. The predicted octanol–water partition coefficient (Wildman–Crippen LogP) is 2.00. The van der Waals surface area contributed by atoms with E-state index in [1.54, 1.807) is 0 Å². The van der Waals surface area contributed by atoms with Crippen molar-refractivity contribution in [2.75, 3.05) is 12.3 Å². The lowest BCUT2D eigenvalue weighted by Crippen LogP contribution is -2.28. The summed E-state index contributed by atoms with van der Waals surface area (Å²) in [5, 5.41) is 7.88. The molecule has 0 fully saturated rings. The van der Waals surface area contributed by atoms with Gasteiger partial charge in [0.25, 0.3) is 0 Å². The normalized spacial score (nSPS) is 11.7. The van der Waals surface area contributed by atoms with Gasteiger partial charge in [-0.2, -0.15) is 0 Å². The molecule has 0 amide bonds. The molecule has 0 aliphatic heterocycles. The number of nitrogens with one attached hydrogen (secondary N) is 1. The van der Waals surface area contributed by atoms with Crippen LogP contribution in [-0.2, 0) is 16.4 Å². The maximum Gasteiger partial charge on any atom is 0.247 e. The van der Waals surface area contributed by atoms with E-state index in [1.165, 1.54) is 0 Å².